The van der Waals surface area contributed by atoms with Crippen LogP contribution in [0.25, 0.3) is 0 Å². The van der Waals surface area contributed by atoms with E-state index in [1.807, 2.05) is 31.2 Å². The summed E-state index contributed by atoms with van der Waals surface area (Å²) in [5, 5.41) is 12.2. The molecule has 0 saturated heterocycles. The van der Waals surface area contributed by atoms with Gasteiger partial charge in [0.2, 0.25) is 0 Å². The fourth-order valence-corrected chi connectivity index (χ4v) is 1.25. The first-order chi connectivity index (χ1) is 7.76. The van der Waals surface area contributed by atoms with Crippen LogP contribution in [0.5, 0.6) is 5.75 Å². The molecule has 0 aliphatic rings. The highest BCUT2D eigenvalue weighted by atomic mass is 16.5. The molecule has 0 amide bonds. The van der Waals surface area contributed by atoms with E-state index in [-0.39, 0.29) is 12.5 Å². The number of nitrogens with one attached hydrogen (secondary N) is 1. The van der Waals surface area contributed by atoms with Crippen molar-refractivity contribution in [1.82, 2.24) is 0 Å². The lowest BCUT2D eigenvalue weighted by molar-refractivity contribution is 0.244. The summed E-state index contributed by atoms with van der Waals surface area (Å²) in [6.07, 6.45) is 1.02. The van der Waals surface area contributed by atoms with Gasteiger partial charge in [-0.1, -0.05) is 13.8 Å². The fourth-order valence-electron chi connectivity index (χ4n) is 1.25. The second kappa shape index (κ2) is 7.12. The Labute approximate surface area is 97.4 Å². The zero-order chi connectivity index (χ0) is 11.8. The van der Waals surface area contributed by atoms with Crippen LogP contribution in [-0.2, 0) is 0 Å². The van der Waals surface area contributed by atoms with Crippen molar-refractivity contribution in [3.63, 3.8) is 0 Å². The Morgan fingerprint density at radius 3 is 2.56 bits per heavy atom. The molecule has 1 atom stereocenters. The van der Waals surface area contributed by atoms with Crippen molar-refractivity contribution in [3.05, 3.63) is 24.3 Å². The van der Waals surface area contributed by atoms with Gasteiger partial charge in [-0.3, -0.25) is 0 Å². The summed E-state index contributed by atoms with van der Waals surface area (Å²) in [6, 6.07) is 7.91. The molecular weight excluding hydrogens is 202 g/mol. The van der Waals surface area contributed by atoms with E-state index in [9.17, 15) is 0 Å². The highest BCUT2D eigenvalue weighted by Crippen LogP contribution is 2.16. The minimum atomic E-state index is 0.213. The first kappa shape index (κ1) is 12.8. The third kappa shape index (κ3) is 4.53. The molecule has 0 aromatic heterocycles. The van der Waals surface area contributed by atoms with Gasteiger partial charge in [0.25, 0.3) is 0 Å². The van der Waals surface area contributed by atoms with Gasteiger partial charge in [0, 0.05) is 18.8 Å². The van der Waals surface area contributed by atoms with Crippen LogP contribution in [0.4, 0.5) is 5.69 Å². The fraction of sp³-hybridized carbons (Fsp3) is 0.538. The van der Waals surface area contributed by atoms with Crippen molar-refractivity contribution >= 4 is 5.69 Å². The van der Waals surface area contributed by atoms with Gasteiger partial charge in [-0.05, 0) is 36.6 Å². The Morgan fingerprint density at radius 2 is 2.00 bits per heavy atom. The normalized spacial score (nSPS) is 12.2. The molecule has 16 heavy (non-hydrogen) atoms. The smallest absolute Gasteiger partial charge is 0.119 e. The van der Waals surface area contributed by atoms with Crippen molar-refractivity contribution < 1.29 is 9.84 Å². The zero-order valence-electron chi connectivity index (χ0n) is 10.1. The van der Waals surface area contributed by atoms with Crippen molar-refractivity contribution in [1.29, 1.82) is 0 Å². The van der Waals surface area contributed by atoms with Gasteiger partial charge >= 0.3 is 0 Å². The molecule has 0 heterocycles. The van der Waals surface area contributed by atoms with Crippen LogP contribution in [0.1, 0.15) is 20.3 Å². The maximum atomic E-state index is 8.89. The Morgan fingerprint density at radius 1 is 1.31 bits per heavy atom. The molecule has 0 fully saturated rings. The van der Waals surface area contributed by atoms with Crippen LogP contribution in [0.3, 0.4) is 0 Å². The van der Waals surface area contributed by atoms with Gasteiger partial charge in [0.05, 0.1) is 6.61 Å². The number of aliphatic hydroxyl groups excluding tert-OH is 1. The lowest BCUT2D eigenvalue weighted by Crippen LogP contribution is -2.14. The van der Waals surface area contributed by atoms with E-state index in [4.69, 9.17) is 9.84 Å². The van der Waals surface area contributed by atoms with E-state index in [1.54, 1.807) is 0 Å². The highest BCUT2D eigenvalue weighted by molar-refractivity contribution is 5.46. The van der Waals surface area contributed by atoms with Crippen LogP contribution < -0.4 is 10.1 Å². The van der Waals surface area contributed by atoms with Gasteiger partial charge in [0.1, 0.15) is 5.75 Å². The molecular formula is C13H21NO2. The Bertz CT molecular complexity index is 284. The van der Waals surface area contributed by atoms with E-state index < -0.39 is 0 Å². The zero-order valence-corrected chi connectivity index (χ0v) is 10.1. The maximum Gasteiger partial charge on any atom is 0.119 e. The third-order valence-electron chi connectivity index (χ3n) is 2.29. The second-order valence-electron chi connectivity index (χ2n) is 4.04. The number of hydrogen-bond acceptors (Lipinski definition) is 3. The predicted octanol–water partition coefficient (Wildman–Crippen LogP) is 2.52. The molecule has 0 aliphatic heterocycles. The van der Waals surface area contributed by atoms with Crippen molar-refractivity contribution in [2.24, 2.45) is 5.92 Å². The van der Waals surface area contributed by atoms with E-state index in [2.05, 4.69) is 12.2 Å². The molecule has 0 radical (unpaired) electrons. The Balaban J connectivity index is 2.38. The molecule has 1 aromatic carbocycles. The second-order valence-corrected chi connectivity index (χ2v) is 4.04. The molecule has 2 N–H and O–H groups in total. The Hall–Kier alpha value is -1.22. The molecule has 3 heteroatoms. The van der Waals surface area contributed by atoms with E-state index in [0.29, 0.717) is 0 Å². The average Bonchev–Trinajstić information content (AvgIpc) is 2.34. The lowest BCUT2D eigenvalue weighted by atomic mass is 10.2. The summed E-state index contributed by atoms with van der Waals surface area (Å²) in [4.78, 5) is 0. The van der Waals surface area contributed by atoms with E-state index in [1.165, 1.54) is 0 Å². The molecule has 1 aromatic rings. The average molecular weight is 223 g/mol. The first-order valence-corrected chi connectivity index (χ1v) is 5.83. The Kier molecular flexibility index (Phi) is 5.72. The van der Waals surface area contributed by atoms with Crippen molar-refractivity contribution in [2.75, 3.05) is 25.1 Å². The standard InChI is InChI=1S/C13H21NO2/c1-3-8-16-13-6-4-12(5-7-13)14-9-11(2)10-15/h4-7,11,14-15H,3,8-10H2,1-2H3. The van der Waals surface area contributed by atoms with Gasteiger partial charge in [-0.25, -0.2) is 0 Å². The van der Waals surface area contributed by atoms with Crippen LogP contribution in [-0.4, -0.2) is 24.9 Å². The molecule has 0 saturated carbocycles. The SMILES string of the molecule is CCCOc1ccc(NCC(C)CO)cc1. The monoisotopic (exact) mass is 223 g/mol. The molecule has 90 valence electrons. The minimum absolute atomic E-state index is 0.213. The van der Waals surface area contributed by atoms with Crippen LogP contribution in [0, 0.1) is 5.92 Å². The van der Waals surface area contributed by atoms with Gasteiger partial charge in [0.15, 0.2) is 0 Å². The summed E-state index contributed by atoms with van der Waals surface area (Å²) in [5.74, 6) is 1.18. The van der Waals surface area contributed by atoms with Crippen LogP contribution >= 0.6 is 0 Å². The predicted molar refractivity (Wildman–Crippen MR) is 67.0 cm³/mol. The van der Waals surface area contributed by atoms with Crippen molar-refractivity contribution in [2.45, 2.75) is 20.3 Å². The lowest BCUT2D eigenvalue weighted by Gasteiger charge is -2.11. The number of aliphatic hydroxyl groups is 1. The number of anilines is 1. The first-order valence-electron chi connectivity index (χ1n) is 5.83. The molecule has 0 bridgehead atoms. The van der Waals surface area contributed by atoms with E-state index in [0.717, 1.165) is 31.0 Å². The quantitative estimate of drug-likeness (QED) is 0.746. The summed E-state index contributed by atoms with van der Waals surface area (Å²) in [5.41, 5.74) is 1.06. The molecule has 0 spiro atoms. The number of benzene rings is 1. The minimum Gasteiger partial charge on any atom is -0.494 e. The summed E-state index contributed by atoms with van der Waals surface area (Å²) in [7, 11) is 0. The molecule has 3 nitrogen and oxygen atoms in total. The number of hydrogen-bond donors (Lipinski definition) is 2. The summed E-state index contributed by atoms with van der Waals surface area (Å²) in [6.45, 7) is 5.85. The van der Waals surface area contributed by atoms with Crippen LogP contribution in [0.15, 0.2) is 24.3 Å². The van der Waals surface area contributed by atoms with Crippen molar-refractivity contribution in [3.8, 4) is 5.75 Å². The van der Waals surface area contributed by atoms with Gasteiger partial charge < -0.3 is 15.2 Å². The summed E-state index contributed by atoms with van der Waals surface area (Å²) < 4.78 is 5.49. The maximum absolute atomic E-state index is 8.89. The van der Waals surface area contributed by atoms with Crippen LogP contribution in [0.2, 0.25) is 0 Å². The van der Waals surface area contributed by atoms with Gasteiger partial charge in [-0.2, -0.15) is 0 Å². The molecule has 1 unspecified atom stereocenters. The largest absolute Gasteiger partial charge is 0.494 e. The number of ether oxygens (including phenoxy) is 1. The topological polar surface area (TPSA) is 41.5 Å². The molecule has 0 aliphatic carbocycles. The highest BCUT2D eigenvalue weighted by Gasteiger charge is 1.99. The summed E-state index contributed by atoms with van der Waals surface area (Å²) >= 11 is 0. The number of rotatable bonds is 7. The molecule has 1 rings (SSSR count). The van der Waals surface area contributed by atoms with E-state index >= 15 is 0 Å². The van der Waals surface area contributed by atoms with Gasteiger partial charge in [-0.15, -0.1) is 0 Å². The third-order valence-corrected chi connectivity index (χ3v) is 2.29.